The minimum absolute atomic E-state index is 0.619. The molecule has 5 heteroatoms. The number of hydrogen-bond donors (Lipinski definition) is 1. The van der Waals surface area contributed by atoms with Crippen LogP contribution in [0.15, 0.2) is 30.5 Å². The first-order valence-electron chi connectivity index (χ1n) is 7.02. The van der Waals surface area contributed by atoms with Gasteiger partial charge in [0.25, 0.3) is 0 Å². The summed E-state index contributed by atoms with van der Waals surface area (Å²) >= 11 is 0. The van der Waals surface area contributed by atoms with Crippen LogP contribution in [0, 0.1) is 6.92 Å². The fourth-order valence-corrected chi connectivity index (χ4v) is 2.13. The molecule has 0 amide bonds. The SMILES string of the molecule is CCOc1cccc(CNCc2ccnc(C)n2)c1OC. The number of nitrogens with zero attached hydrogens (tertiary/aromatic N) is 2. The van der Waals surface area contributed by atoms with Gasteiger partial charge < -0.3 is 14.8 Å². The summed E-state index contributed by atoms with van der Waals surface area (Å²) in [7, 11) is 1.66. The first kappa shape index (κ1) is 15.3. The molecule has 1 N–H and O–H groups in total. The highest BCUT2D eigenvalue weighted by atomic mass is 16.5. The lowest BCUT2D eigenvalue weighted by Crippen LogP contribution is -2.15. The first-order valence-corrected chi connectivity index (χ1v) is 7.02. The summed E-state index contributed by atoms with van der Waals surface area (Å²) in [6.07, 6.45) is 1.77. The van der Waals surface area contributed by atoms with Crippen LogP contribution < -0.4 is 14.8 Å². The number of methoxy groups -OCH3 is 1. The van der Waals surface area contributed by atoms with E-state index in [-0.39, 0.29) is 0 Å². The molecule has 1 heterocycles. The fraction of sp³-hybridized carbons (Fsp3) is 0.375. The Labute approximate surface area is 125 Å². The predicted molar refractivity (Wildman–Crippen MR) is 81.5 cm³/mol. The topological polar surface area (TPSA) is 56.3 Å². The van der Waals surface area contributed by atoms with Crippen molar-refractivity contribution < 1.29 is 9.47 Å². The van der Waals surface area contributed by atoms with Crippen molar-refractivity contribution in [2.24, 2.45) is 0 Å². The van der Waals surface area contributed by atoms with Gasteiger partial charge in [-0.1, -0.05) is 12.1 Å². The number of aryl methyl sites for hydroxylation is 1. The van der Waals surface area contributed by atoms with Crippen LogP contribution in [0.5, 0.6) is 11.5 Å². The van der Waals surface area contributed by atoms with Crippen LogP contribution in [0.25, 0.3) is 0 Å². The predicted octanol–water partition coefficient (Wildman–Crippen LogP) is 2.48. The van der Waals surface area contributed by atoms with Crippen molar-refractivity contribution in [1.82, 2.24) is 15.3 Å². The summed E-state index contributed by atoms with van der Waals surface area (Å²) < 4.78 is 11.0. The molecular formula is C16H21N3O2. The highest BCUT2D eigenvalue weighted by molar-refractivity contribution is 5.46. The first-order chi connectivity index (χ1) is 10.2. The quantitative estimate of drug-likeness (QED) is 0.848. The van der Waals surface area contributed by atoms with Crippen molar-refractivity contribution in [3.63, 3.8) is 0 Å². The molecule has 21 heavy (non-hydrogen) atoms. The van der Waals surface area contributed by atoms with E-state index in [0.717, 1.165) is 28.6 Å². The van der Waals surface area contributed by atoms with E-state index in [0.29, 0.717) is 19.7 Å². The van der Waals surface area contributed by atoms with Gasteiger partial charge in [-0.3, -0.25) is 0 Å². The van der Waals surface area contributed by atoms with Gasteiger partial charge in [0.05, 0.1) is 19.4 Å². The van der Waals surface area contributed by atoms with E-state index in [2.05, 4.69) is 15.3 Å². The molecule has 0 radical (unpaired) electrons. The van der Waals surface area contributed by atoms with Crippen LogP contribution in [0.2, 0.25) is 0 Å². The van der Waals surface area contributed by atoms with E-state index >= 15 is 0 Å². The number of ether oxygens (including phenoxy) is 2. The van der Waals surface area contributed by atoms with Crippen molar-refractivity contribution in [2.75, 3.05) is 13.7 Å². The second-order valence-electron chi connectivity index (χ2n) is 4.58. The minimum Gasteiger partial charge on any atom is -0.493 e. The Morgan fingerprint density at radius 2 is 2.05 bits per heavy atom. The van der Waals surface area contributed by atoms with Gasteiger partial charge in [0.15, 0.2) is 11.5 Å². The maximum Gasteiger partial charge on any atom is 0.165 e. The van der Waals surface area contributed by atoms with Gasteiger partial charge in [-0.25, -0.2) is 9.97 Å². The Bertz CT molecular complexity index is 587. The lowest BCUT2D eigenvalue weighted by Gasteiger charge is -2.14. The average Bonchev–Trinajstić information content (AvgIpc) is 2.48. The van der Waals surface area contributed by atoms with Crippen LogP contribution in [0.4, 0.5) is 0 Å². The van der Waals surface area contributed by atoms with Crippen molar-refractivity contribution in [3.8, 4) is 11.5 Å². The average molecular weight is 287 g/mol. The van der Waals surface area contributed by atoms with Crippen molar-refractivity contribution >= 4 is 0 Å². The Balaban J connectivity index is 2.01. The molecule has 0 aliphatic carbocycles. The number of hydrogen-bond acceptors (Lipinski definition) is 5. The van der Waals surface area contributed by atoms with Crippen LogP contribution >= 0.6 is 0 Å². The normalized spacial score (nSPS) is 10.4. The van der Waals surface area contributed by atoms with Gasteiger partial charge in [-0.2, -0.15) is 0 Å². The van der Waals surface area contributed by atoms with E-state index in [1.807, 2.05) is 38.1 Å². The largest absolute Gasteiger partial charge is 0.493 e. The van der Waals surface area contributed by atoms with Gasteiger partial charge in [-0.05, 0) is 26.0 Å². The van der Waals surface area contributed by atoms with Gasteiger partial charge >= 0.3 is 0 Å². The lowest BCUT2D eigenvalue weighted by atomic mass is 10.2. The maximum absolute atomic E-state index is 5.58. The Kier molecular flexibility index (Phi) is 5.51. The van der Waals surface area contributed by atoms with E-state index in [9.17, 15) is 0 Å². The van der Waals surface area contributed by atoms with Gasteiger partial charge in [0.2, 0.25) is 0 Å². The summed E-state index contributed by atoms with van der Waals surface area (Å²) in [4.78, 5) is 8.45. The second kappa shape index (κ2) is 7.59. The molecule has 5 nitrogen and oxygen atoms in total. The number of para-hydroxylation sites is 1. The molecule has 2 rings (SSSR count). The zero-order valence-corrected chi connectivity index (χ0v) is 12.7. The Morgan fingerprint density at radius 3 is 2.76 bits per heavy atom. The molecule has 0 spiro atoms. The van der Waals surface area contributed by atoms with E-state index in [4.69, 9.17) is 9.47 Å². The fourth-order valence-electron chi connectivity index (χ4n) is 2.13. The molecule has 0 saturated heterocycles. The third-order valence-corrected chi connectivity index (χ3v) is 3.02. The zero-order chi connectivity index (χ0) is 15.1. The molecule has 112 valence electrons. The number of benzene rings is 1. The Hall–Kier alpha value is -2.14. The molecule has 2 aromatic rings. The third kappa shape index (κ3) is 4.16. The highest BCUT2D eigenvalue weighted by Crippen LogP contribution is 2.30. The molecule has 0 unspecified atom stereocenters. The van der Waals surface area contributed by atoms with Crippen molar-refractivity contribution in [3.05, 3.63) is 47.5 Å². The molecule has 0 bridgehead atoms. The minimum atomic E-state index is 0.619. The maximum atomic E-state index is 5.58. The third-order valence-electron chi connectivity index (χ3n) is 3.02. The molecule has 1 aromatic carbocycles. The van der Waals surface area contributed by atoms with E-state index < -0.39 is 0 Å². The van der Waals surface area contributed by atoms with Crippen molar-refractivity contribution in [1.29, 1.82) is 0 Å². The lowest BCUT2D eigenvalue weighted by molar-refractivity contribution is 0.308. The van der Waals surface area contributed by atoms with Crippen molar-refractivity contribution in [2.45, 2.75) is 26.9 Å². The molecule has 1 aromatic heterocycles. The number of nitrogens with one attached hydrogen (secondary N) is 1. The molecule has 0 fully saturated rings. The van der Waals surface area contributed by atoms with E-state index in [1.165, 1.54) is 0 Å². The summed E-state index contributed by atoms with van der Waals surface area (Å²) in [6, 6.07) is 7.83. The highest BCUT2D eigenvalue weighted by Gasteiger charge is 2.09. The zero-order valence-electron chi connectivity index (χ0n) is 12.7. The van der Waals surface area contributed by atoms with Crippen LogP contribution in [-0.2, 0) is 13.1 Å². The molecular weight excluding hydrogens is 266 g/mol. The molecule has 0 atom stereocenters. The summed E-state index contributed by atoms with van der Waals surface area (Å²) in [6.45, 7) is 5.84. The van der Waals surface area contributed by atoms with Crippen LogP contribution in [0.3, 0.4) is 0 Å². The molecule has 0 saturated carbocycles. The van der Waals surface area contributed by atoms with Gasteiger partial charge in [-0.15, -0.1) is 0 Å². The second-order valence-corrected chi connectivity index (χ2v) is 4.58. The number of aromatic nitrogens is 2. The van der Waals surface area contributed by atoms with Gasteiger partial charge in [0, 0.05) is 24.8 Å². The standard InChI is InChI=1S/C16H21N3O2/c1-4-21-15-7-5-6-13(16(15)20-3)10-17-11-14-8-9-18-12(2)19-14/h5-9,17H,4,10-11H2,1-3H3. The summed E-state index contributed by atoms with van der Waals surface area (Å²) in [5.74, 6) is 2.34. The number of rotatable bonds is 7. The van der Waals surface area contributed by atoms with Crippen LogP contribution in [-0.4, -0.2) is 23.7 Å². The van der Waals surface area contributed by atoms with Gasteiger partial charge in [0.1, 0.15) is 5.82 Å². The monoisotopic (exact) mass is 287 g/mol. The summed E-state index contributed by atoms with van der Waals surface area (Å²) in [5, 5.41) is 3.36. The Morgan fingerprint density at radius 1 is 1.19 bits per heavy atom. The smallest absolute Gasteiger partial charge is 0.165 e. The summed E-state index contributed by atoms with van der Waals surface area (Å²) in [5.41, 5.74) is 2.04. The van der Waals surface area contributed by atoms with E-state index in [1.54, 1.807) is 13.3 Å². The molecule has 0 aliphatic rings. The molecule has 0 aliphatic heterocycles. The van der Waals surface area contributed by atoms with Crippen LogP contribution in [0.1, 0.15) is 24.0 Å².